The van der Waals surface area contributed by atoms with Gasteiger partial charge in [-0.3, -0.25) is 4.90 Å². The number of thiazole rings is 1. The van der Waals surface area contributed by atoms with Crippen molar-refractivity contribution in [1.82, 2.24) is 19.5 Å². The number of ether oxygens (including phenoxy) is 2. The highest BCUT2D eigenvalue weighted by Crippen LogP contribution is 2.41. The van der Waals surface area contributed by atoms with Crippen molar-refractivity contribution >= 4 is 22.0 Å². The Labute approximate surface area is 196 Å². The lowest BCUT2D eigenvalue weighted by Crippen LogP contribution is -2.47. The highest BCUT2D eigenvalue weighted by molar-refractivity contribution is 7.17. The van der Waals surface area contributed by atoms with Gasteiger partial charge in [-0.05, 0) is 48.9 Å². The molecule has 1 fully saturated rings. The number of hydrogen-bond acceptors (Lipinski definition) is 8. The molecule has 3 heterocycles. The number of anilines is 1. The highest BCUT2D eigenvalue weighted by Gasteiger charge is 2.32. The van der Waals surface area contributed by atoms with E-state index in [0.717, 1.165) is 48.1 Å². The van der Waals surface area contributed by atoms with E-state index in [1.165, 1.54) is 21.5 Å². The van der Waals surface area contributed by atoms with Gasteiger partial charge in [-0.15, -0.1) is 5.10 Å². The lowest BCUT2D eigenvalue weighted by atomic mass is 10.0. The first-order valence-electron chi connectivity index (χ1n) is 10.9. The Kier molecular flexibility index (Phi) is 5.82. The molecule has 0 bridgehead atoms. The monoisotopic (exact) mass is 465 g/mol. The van der Waals surface area contributed by atoms with Gasteiger partial charge in [0.15, 0.2) is 0 Å². The van der Waals surface area contributed by atoms with Crippen LogP contribution < -0.4 is 14.4 Å². The van der Waals surface area contributed by atoms with Gasteiger partial charge >= 0.3 is 0 Å². The smallest absolute Gasteiger partial charge is 0.230 e. The predicted molar refractivity (Wildman–Crippen MR) is 129 cm³/mol. The zero-order chi connectivity index (χ0) is 22.9. The van der Waals surface area contributed by atoms with E-state index in [1.54, 1.807) is 14.2 Å². The third-order valence-electron chi connectivity index (χ3n) is 6.08. The molecule has 1 atom stereocenters. The first-order chi connectivity index (χ1) is 16.1. The largest absolute Gasteiger partial charge is 0.497 e. The molecular weight excluding hydrogens is 438 g/mol. The van der Waals surface area contributed by atoms with Gasteiger partial charge in [0.05, 0.1) is 25.1 Å². The molecule has 1 aliphatic rings. The third kappa shape index (κ3) is 4.09. The number of benzene rings is 2. The number of nitrogens with zero attached hydrogens (tertiary/aromatic N) is 5. The fourth-order valence-corrected chi connectivity index (χ4v) is 5.56. The minimum absolute atomic E-state index is 0.119. The molecule has 0 aliphatic carbocycles. The van der Waals surface area contributed by atoms with Crippen LogP contribution in [0.3, 0.4) is 0 Å². The zero-order valence-corrected chi connectivity index (χ0v) is 19.7. The van der Waals surface area contributed by atoms with E-state index in [2.05, 4.69) is 38.1 Å². The maximum Gasteiger partial charge on any atom is 0.230 e. The van der Waals surface area contributed by atoms with Crippen LogP contribution in [-0.2, 0) is 0 Å². The maximum atomic E-state index is 11.1. The lowest BCUT2D eigenvalue weighted by Gasteiger charge is -2.40. The molecule has 4 aromatic rings. The second kappa shape index (κ2) is 8.92. The van der Waals surface area contributed by atoms with Gasteiger partial charge in [-0.2, -0.15) is 4.52 Å². The van der Waals surface area contributed by atoms with Crippen molar-refractivity contribution in [3.8, 4) is 17.4 Å². The second-order valence-electron chi connectivity index (χ2n) is 8.04. The standard InChI is InChI=1S/C24H27N5O3S/c1-16-25-24-29(26-16)23(30)22(33-24)21(17-5-4-6-20(15-17)32-3)28-13-11-27(12-14-28)18-7-9-19(31-2)10-8-18/h4-10,15,21,30H,11-14H2,1-3H3/t21-/m0/s1. The molecule has 2 aromatic heterocycles. The van der Waals surface area contributed by atoms with Gasteiger partial charge in [0.2, 0.25) is 10.8 Å². The summed E-state index contributed by atoms with van der Waals surface area (Å²) in [4.78, 5) is 10.8. The number of methoxy groups -OCH3 is 2. The lowest BCUT2D eigenvalue weighted by molar-refractivity contribution is 0.211. The number of fused-ring (bicyclic) bond motifs is 1. The Morgan fingerprint density at radius 2 is 1.70 bits per heavy atom. The molecule has 8 nitrogen and oxygen atoms in total. The molecule has 1 N–H and O–H groups in total. The first-order valence-corrected chi connectivity index (χ1v) is 11.7. The zero-order valence-electron chi connectivity index (χ0n) is 18.9. The van der Waals surface area contributed by atoms with Gasteiger partial charge in [0.1, 0.15) is 17.3 Å². The minimum Gasteiger partial charge on any atom is -0.497 e. The third-order valence-corrected chi connectivity index (χ3v) is 7.15. The summed E-state index contributed by atoms with van der Waals surface area (Å²) in [7, 11) is 3.35. The van der Waals surface area contributed by atoms with Crippen molar-refractivity contribution in [2.24, 2.45) is 0 Å². The van der Waals surface area contributed by atoms with Crippen molar-refractivity contribution in [3.05, 3.63) is 64.8 Å². The molecule has 2 aromatic carbocycles. The number of hydrogen-bond donors (Lipinski definition) is 1. The molecular formula is C24H27N5O3S. The first kappa shape index (κ1) is 21.5. The Bertz CT molecular complexity index is 1240. The average Bonchev–Trinajstić information content (AvgIpc) is 3.36. The molecule has 172 valence electrons. The van der Waals surface area contributed by atoms with Crippen LogP contribution >= 0.6 is 11.3 Å². The van der Waals surface area contributed by atoms with Crippen molar-refractivity contribution in [3.63, 3.8) is 0 Å². The van der Waals surface area contributed by atoms with Crippen LogP contribution in [0.2, 0.25) is 0 Å². The summed E-state index contributed by atoms with van der Waals surface area (Å²) in [6, 6.07) is 16.1. The van der Waals surface area contributed by atoms with Crippen molar-refractivity contribution < 1.29 is 14.6 Å². The van der Waals surface area contributed by atoms with E-state index in [4.69, 9.17) is 9.47 Å². The Balaban J connectivity index is 1.45. The van der Waals surface area contributed by atoms with E-state index in [0.29, 0.717) is 10.8 Å². The fraction of sp³-hybridized carbons (Fsp3) is 0.333. The Morgan fingerprint density at radius 3 is 2.36 bits per heavy atom. The molecule has 5 rings (SSSR count). The van der Waals surface area contributed by atoms with E-state index in [-0.39, 0.29) is 11.9 Å². The van der Waals surface area contributed by atoms with Gasteiger partial charge in [0, 0.05) is 31.9 Å². The Morgan fingerprint density at radius 1 is 0.970 bits per heavy atom. The molecule has 0 amide bonds. The maximum absolute atomic E-state index is 11.1. The summed E-state index contributed by atoms with van der Waals surface area (Å²) in [6.45, 7) is 5.29. The molecule has 0 radical (unpaired) electrons. The van der Waals surface area contributed by atoms with Crippen LogP contribution in [0.1, 0.15) is 22.3 Å². The van der Waals surface area contributed by atoms with E-state index < -0.39 is 0 Å². The van der Waals surface area contributed by atoms with Crippen LogP contribution in [0.15, 0.2) is 48.5 Å². The topological polar surface area (TPSA) is 75.4 Å². The van der Waals surface area contributed by atoms with Gasteiger partial charge in [-0.25, -0.2) is 4.98 Å². The molecule has 1 aliphatic heterocycles. The van der Waals surface area contributed by atoms with Crippen LogP contribution in [0, 0.1) is 6.92 Å². The number of aromatic hydroxyl groups is 1. The predicted octanol–water partition coefficient (Wildman–Crippen LogP) is 3.73. The summed E-state index contributed by atoms with van der Waals surface area (Å²) in [5.41, 5.74) is 2.26. The average molecular weight is 466 g/mol. The quantitative estimate of drug-likeness (QED) is 0.465. The summed E-state index contributed by atoms with van der Waals surface area (Å²) in [5.74, 6) is 2.46. The van der Waals surface area contributed by atoms with Crippen molar-refractivity contribution in [1.29, 1.82) is 0 Å². The fourth-order valence-electron chi connectivity index (χ4n) is 4.40. The van der Waals surface area contributed by atoms with E-state index >= 15 is 0 Å². The summed E-state index contributed by atoms with van der Waals surface area (Å²) in [5, 5.41) is 15.4. The molecule has 0 unspecified atom stereocenters. The molecule has 9 heteroatoms. The number of piperazine rings is 1. The number of aryl methyl sites for hydroxylation is 1. The molecule has 1 saturated heterocycles. The van der Waals surface area contributed by atoms with Crippen molar-refractivity contribution in [2.75, 3.05) is 45.3 Å². The number of rotatable bonds is 6. The van der Waals surface area contributed by atoms with Gasteiger partial charge in [-0.1, -0.05) is 23.5 Å². The molecule has 33 heavy (non-hydrogen) atoms. The van der Waals surface area contributed by atoms with Crippen LogP contribution in [0.25, 0.3) is 4.96 Å². The van der Waals surface area contributed by atoms with E-state index in [9.17, 15) is 5.11 Å². The summed E-state index contributed by atoms with van der Waals surface area (Å²) < 4.78 is 12.3. The molecule has 0 saturated carbocycles. The SMILES string of the molecule is COc1ccc(N2CCN([C@@H](c3cccc(OC)c3)c3sc4nc(C)nn4c3O)CC2)cc1. The van der Waals surface area contributed by atoms with Gasteiger partial charge in [0.25, 0.3) is 0 Å². The Hall–Kier alpha value is -3.30. The normalized spacial score (nSPS) is 15.7. The van der Waals surface area contributed by atoms with Crippen LogP contribution in [0.5, 0.6) is 17.4 Å². The van der Waals surface area contributed by atoms with Crippen molar-refractivity contribution in [2.45, 2.75) is 13.0 Å². The summed E-state index contributed by atoms with van der Waals surface area (Å²) >= 11 is 1.49. The highest BCUT2D eigenvalue weighted by atomic mass is 32.1. The summed E-state index contributed by atoms with van der Waals surface area (Å²) in [6.07, 6.45) is 0. The van der Waals surface area contributed by atoms with Crippen LogP contribution in [0.4, 0.5) is 5.69 Å². The van der Waals surface area contributed by atoms with Gasteiger partial charge < -0.3 is 19.5 Å². The van der Waals surface area contributed by atoms with E-state index in [1.807, 2.05) is 37.3 Å². The second-order valence-corrected chi connectivity index (χ2v) is 9.05. The van der Waals surface area contributed by atoms with Crippen LogP contribution in [-0.4, -0.2) is 65.0 Å². The minimum atomic E-state index is -0.119. The molecule has 0 spiro atoms. The number of aromatic nitrogens is 3.